The van der Waals surface area contributed by atoms with Gasteiger partial charge in [0, 0.05) is 9.52 Å². The van der Waals surface area contributed by atoms with Crippen LogP contribution in [0.25, 0.3) is 0 Å². The Morgan fingerprint density at radius 3 is 2.36 bits per heavy atom. The molecule has 0 bridgehead atoms. The van der Waals surface area contributed by atoms with Crippen LogP contribution in [0.1, 0.15) is 31.2 Å². The van der Waals surface area contributed by atoms with Gasteiger partial charge in [-0.1, -0.05) is 62.2 Å². The third kappa shape index (κ3) is 5.23. The summed E-state index contributed by atoms with van der Waals surface area (Å²) in [5.41, 5.74) is 1.50. The van der Waals surface area contributed by atoms with E-state index in [0.29, 0.717) is 9.52 Å². The summed E-state index contributed by atoms with van der Waals surface area (Å²) in [4.78, 5) is 0. The maximum Gasteiger partial charge on any atom is 0.0166 e. The molecule has 0 aliphatic carbocycles. The molecule has 0 aromatic heterocycles. The van der Waals surface area contributed by atoms with Crippen LogP contribution >= 0.6 is 0 Å². The second kappa shape index (κ2) is 7.81. The van der Waals surface area contributed by atoms with Crippen LogP contribution < -0.4 is 0 Å². The van der Waals surface area contributed by atoms with E-state index in [-0.39, 0.29) is 0 Å². The molecule has 0 aliphatic heterocycles. The van der Waals surface area contributed by atoms with Crippen molar-refractivity contribution in [3.8, 4) is 0 Å². The Bertz CT molecular complexity index is 218. The van der Waals surface area contributed by atoms with Crippen molar-refractivity contribution in [1.82, 2.24) is 0 Å². The fourth-order valence-electron chi connectivity index (χ4n) is 1.75. The molecule has 0 amide bonds. The van der Waals surface area contributed by atoms with E-state index in [0.717, 1.165) is 0 Å². The Labute approximate surface area is 90.6 Å². The molecule has 0 aliphatic rings. The lowest BCUT2D eigenvalue weighted by molar-refractivity contribution is 0.666. The third-order valence-corrected chi connectivity index (χ3v) is 3.87. The molecule has 0 saturated heterocycles. The summed E-state index contributed by atoms with van der Waals surface area (Å²) in [6.07, 6.45) is 6.99. The first-order valence-electron chi connectivity index (χ1n) is 5.97. The van der Waals surface area contributed by atoms with Gasteiger partial charge in [-0.2, -0.15) is 0 Å². The summed E-state index contributed by atoms with van der Waals surface area (Å²) in [6.45, 7) is 2.41. The highest BCUT2D eigenvalue weighted by molar-refractivity contribution is 6.33. The van der Waals surface area contributed by atoms with Crippen LogP contribution in [-0.4, -0.2) is 9.52 Å². The van der Waals surface area contributed by atoms with Gasteiger partial charge in [0.1, 0.15) is 0 Å². The zero-order valence-electron chi connectivity index (χ0n) is 9.34. The number of aryl methyl sites for hydroxylation is 1. The summed E-state index contributed by atoms with van der Waals surface area (Å²) in [5, 5.41) is 0. The van der Waals surface area contributed by atoms with E-state index < -0.39 is 0 Å². The van der Waals surface area contributed by atoms with Gasteiger partial charge in [-0.05, 0) is 18.4 Å². The third-order valence-electron chi connectivity index (χ3n) is 2.66. The number of hydrogen-bond acceptors (Lipinski definition) is 0. The molecular formula is C13H22Si. The largest absolute Gasteiger partial charge is 0.0748 e. The smallest absolute Gasteiger partial charge is 0.0166 e. The Hall–Kier alpha value is -0.563. The van der Waals surface area contributed by atoms with E-state index in [2.05, 4.69) is 36.9 Å². The van der Waals surface area contributed by atoms with Gasteiger partial charge in [-0.15, -0.1) is 0 Å². The minimum absolute atomic E-state index is 0.329. The molecule has 14 heavy (non-hydrogen) atoms. The van der Waals surface area contributed by atoms with Crippen LogP contribution in [0, 0.1) is 0 Å². The zero-order valence-corrected chi connectivity index (χ0v) is 10.8. The summed E-state index contributed by atoms with van der Waals surface area (Å²) >= 11 is 0. The number of rotatable bonds is 7. The second-order valence-electron chi connectivity index (χ2n) is 4.00. The molecule has 1 aromatic rings. The van der Waals surface area contributed by atoms with Crippen LogP contribution in [-0.2, 0) is 6.42 Å². The average molecular weight is 206 g/mol. The van der Waals surface area contributed by atoms with Crippen LogP contribution in [0.5, 0.6) is 0 Å². The first-order chi connectivity index (χ1) is 6.93. The van der Waals surface area contributed by atoms with E-state index in [4.69, 9.17) is 0 Å². The first kappa shape index (κ1) is 11.5. The molecule has 0 fully saturated rings. The lowest BCUT2D eigenvalue weighted by atomic mass is 10.1. The van der Waals surface area contributed by atoms with Crippen molar-refractivity contribution in [3.05, 3.63) is 35.9 Å². The van der Waals surface area contributed by atoms with Gasteiger partial charge < -0.3 is 0 Å². The molecule has 78 valence electrons. The molecule has 0 radical (unpaired) electrons. The first-order valence-corrected chi connectivity index (χ1v) is 8.39. The van der Waals surface area contributed by atoms with E-state index in [1.54, 1.807) is 6.04 Å². The Morgan fingerprint density at radius 1 is 0.929 bits per heavy atom. The second-order valence-corrected chi connectivity index (χ2v) is 5.71. The number of hydrogen-bond donors (Lipinski definition) is 0. The Balaban J connectivity index is 1.99. The van der Waals surface area contributed by atoms with E-state index in [9.17, 15) is 0 Å². The van der Waals surface area contributed by atoms with Gasteiger partial charge in [-0.3, -0.25) is 0 Å². The van der Waals surface area contributed by atoms with E-state index in [1.807, 2.05) is 0 Å². The molecule has 0 heterocycles. The predicted octanol–water partition coefficient (Wildman–Crippen LogP) is 3.42. The van der Waals surface area contributed by atoms with Crippen LogP contribution in [0.4, 0.5) is 0 Å². The predicted molar refractivity (Wildman–Crippen MR) is 67.8 cm³/mol. The monoisotopic (exact) mass is 206 g/mol. The fraction of sp³-hybridized carbons (Fsp3) is 0.538. The summed E-state index contributed by atoms with van der Waals surface area (Å²) in [7, 11) is 0.329. The summed E-state index contributed by atoms with van der Waals surface area (Å²) in [5.74, 6) is 0. The lowest BCUT2D eigenvalue weighted by Gasteiger charge is -2.01. The normalized spacial score (nSPS) is 11.2. The average Bonchev–Trinajstić information content (AvgIpc) is 2.25. The lowest BCUT2D eigenvalue weighted by Crippen LogP contribution is -1.86. The van der Waals surface area contributed by atoms with Crippen molar-refractivity contribution in [1.29, 1.82) is 0 Å². The molecule has 0 spiro atoms. The summed E-state index contributed by atoms with van der Waals surface area (Å²) < 4.78 is 0. The van der Waals surface area contributed by atoms with Crippen LogP contribution in [0.2, 0.25) is 12.6 Å². The molecule has 1 aromatic carbocycles. The topological polar surface area (TPSA) is 0 Å². The van der Waals surface area contributed by atoms with Crippen molar-refractivity contribution in [2.24, 2.45) is 0 Å². The highest BCUT2D eigenvalue weighted by atomic mass is 28.2. The maximum absolute atomic E-state index is 2.41. The molecule has 0 nitrogen and oxygen atoms in total. The van der Waals surface area contributed by atoms with Crippen molar-refractivity contribution >= 4 is 9.52 Å². The van der Waals surface area contributed by atoms with Gasteiger partial charge in [0.25, 0.3) is 0 Å². The van der Waals surface area contributed by atoms with Gasteiger partial charge in [0.05, 0.1) is 0 Å². The molecule has 0 N–H and O–H groups in total. The maximum atomic E-state index is 2.41. The highest BCUT2D eigenvalue weighted by Gasteiger charge is 1.92. The SMILES string of the molecule is C[SiH2]CCCCCCc1ccccc1. The zero-order chi connectivity index (χ0) is 10.1. The van der Waals surface area contributed by atoms with Gasteiger partial charge in [0.15, 0.2) is 0 Å². The van der Waals surface area contributed by atoms with Gasteiger partial charge >= 0.3 is 0 Å². The Morgan fingerprint density at radius 2 is 1.64 bits per heavy atom. The number of benzene rings is 1. The number of unbranched alkanes of at least 4 members (excludes halogenated alkanes) is 3. The van der Waals surface area contributed by atoms with Crippen molar-refractivity contribution in [2.45, 2.75) is 44.7 Å². The van der Waals surface area contributed by atoms with E-state index in [1.165, 1.54) is 37.7 Å². The standard InChI is InChI=1S/C13H22Si/c1-14-12-8-3-2-5-9-13-10-6-4-7-11-13/h4,6-7,10-11H,2-3,5,8-9,12,14H2,1H3. The molecule has 0 unspecified atom stereocenters. The quantitative estimate of drug-likeness (QED) is 0.474. The van der Waals surface area contributed by atoms with Gasteiger partial charge in [-0.25, -0.2) is 0 Å². The minimum Gasteiger partial charge on any atom is -0.0748 e. The van der Waals surface area contributed by atoms with Crippen LogP contribution in [0.3, 0.4) is 0 Å². The molecule has 1 rings (SSSR count). The van der Waals surface area contributed by atoms with E-state index >= 15 is 0 Å². The minimum atomic E-state index is 0.329. The highest BCUT2D eigenvalue weighted by Crippen LogP contribution is 2.08. The summed E-state index contributed by atoms with van der Waals surface area (Å²) in [6, 6.07) is 12.4. The molecule has 0 atom stereocenters. The molecular weight excluding hydrogens is 184 g/mol. The van der Waals surface area contributed by atoms with Crippen molar-refractivity contribution in [2.75, 3.05) is 0 Å². The van der Waals surface area contributed by atoms with Crippen LogP contribution in [0.15, 0.2) is 30.3 Å². The Kier molecular flexibility index (Phi) is 6.42. The van der Waals surface area contributed by atoms with Gasteiger partial charge in [0.2, 0.25) is 0 Å². The fourth-order valence-corrected chi connectivity index (χ4v) is 2.61. The molecule has 1 heteroatoms. The van der Waals surface area contributed by atoms with Crippen molar-refractivity contribution < 1.29 is 0 Å². The molecule has 0 saturated carbocycles. The van der Waals surface area contributed by atoms with Crippen molar-refractivity contribution in [3.63, 3.8) is 0 Å².